The number of aliphatic carboxylic acids is 1. The molecule has 4 aromatic rings. The minimum atomic E-state index is -0.885. The lowest BCUT2D eigenvalue weighted by Gasteiger charge is -2.17. The fourth-order valence-corrected chi connectivity index (χ4v) is 5.56. The van der Waals surface area contributed by atoms with Crippen LogP contribution in [0.2, 0.25) is 0 Å². The molecule has 3 heterocycles. The molecule has 0 saturated carbocycles. The summed E-state index contributed by atoms with van der Waals surface area (Å²) in [5.41, 5.74) is 3.30. The number of aromatic nitrogens is 3. The summed E-state index contributed by atoms with van der Waals surface area (Å²) >= 11 is 1.73. The van der Waals surface area contributed by atoms with E-state index in [1.54, 1.807) is 11.3 Å². The van der Waals surface area contributed by atoms with Crippen molar-refractivity contribution in [2.75, 3.05) is 5.32 Å². The van der Waals surface area contributed by atoms with Gasteiger partial charge in [0.2, 0.25) is 0 Å². The number of nitrogens with zero attached hydrogens (tertiary/aromatic N) is 2. The number of carboxylic acid groups (broad SMARTS) is 1. The number of aromatic amines is 1. The zero-order valence-electron chi connectivity index (χ0n) is 16.2. The van der Waals surface area contributed by atoms with Crippen LogP contribution < -0.4 is 5.32 Å². The predicted octanol–water partition coefficient (Wildman–Crippen LogP) is 4.47. The van der Waals surface area contributed by atoms with Crippen LogP contribution in [0.1, 0.15) is 34.7 Å². The summed E-state index contributed by atoms with van der Waals surface area (Å²) in [6, 6.07) is 7.18. The van der Waals surface area contributed by atoms with Crippen molar-refractivity contribution in [2.45, 2.75) is 45.1 Å². The van der Waals surface area contributed by atoms with Gasteiger partial charge in [0.05, 0.1) is 5.39 Å². The number of carboxylic acids is 1. The monoisotopic (exact) mass is 406 g/mol. The fourth-order valence-electron chi connectivity index (χ4n) is 4.25. The third-order valence-electron chi connectivity index (χ3n) is 5.63. The summed E-state index contributed by atoms with van der Waals surface area (Å²) in [7, 11) is 0. The second kappa shape index (κ2) is 7.15. The number of hydrogen-bond donors (Lipinski definition) is 3. The van der Waals surface area contributed by atoms with Gasteiger partial charge in [0.15, 0.2) is 0 Å². The number of hydrogen-bond acceptors (Lipinski definition) is 5. The minimum Gasteiger partial charge on any atom is -0.480 e. The Kier molecular flexibility index (Phi) is 4.47. The summed E-state index contributed by atoms with van der Waals surface area (Å²) < 4.78 is 0. The number of thiophene rings is 1. The van der Waals surface area contributed by atoms with Gasteiger partial charge in [-0.05, 0) is 49.8 Å². The Hall–Kier alpha value is -2.93. The topological polar surface area (TPSA) is 90.9 Å². The molecule has 148 valence electrons. The first kappa shape index (κ1) is 18.1. The Morgan fingerprint density at radius 3 is 2.97 bits per heavy atom. The van der Waals surface area contributed by atoms with E-state index in [0.717, 1.165) is 45.9 Å². The summed E-state index contributed by atoms with van der Waals surface area (Å²) in [5, 5.41) is 15.2. The van der Waals surface area contributed by atoms with Gasteiger partial charge in [0.25, 0.3) is 0 Å². The molecule has 0 bridgehead atoms. The van der Waals surface area contributed by atoms with E-state index >= 15 is 0 Å². The van der Waals surface area contributed by atoms with E-state index in [9.17, 15) is 9.90 Å². The van der Waals surface area contributed by atoms with Gasteiger partial charge in [0, 0.05) is 28.4 Å². The van der Waals surface area contributed by atoms with Crippen molar-refractivity contribution in [3.8, 4) is 0 Å². The molecule has 5 rings (SSSR count). The SMILES string of the molecule is Cc1nc(N[C@@H](Cc2c[nH]c3ccccc23)C(=O)O)c2c3c(sc2n1)CCCC3. The van der Waals surface area contributed by atoms with Gasteiger partial charge in [0.1, 0.15) is 22.5 Å². The maximum atomic E-state index is 12.1. The third kappa shape index (κ3) is 3.25. The maximum Gasteiger partial charge on any atom is 0.326 e. The minimum absolute atomic E-state index is 0.371. The molecular weight excluding hydrogens is 384 g/mol. The highest BCUT2D eigenvalue weighted by atomic mass is 32.1. The number of rotatable bonds is 5. The quantitative estimate of drug-likeness (QED) is 0.455. The number of H-pyrrole nitrogens is 1. The van der Waals surface area contributed by atoms with Crippen molar-refractivity contribution < 1.29 is 9.90 Å². The van der Waals surface area contributed by atoms with Crippen molar-refractivity contribution >= 4 is 44.2 Å². The molecule has 1 aromatic carbocycles. The summed E-state index contributed by atoms with van der Waals surface area (Å²) in [5.74, 6) is 0.428. The predicted molar refractivity (Wildman–Crippen MR) is 116 cm³/mol. The molecule has 0 amide bonds. The molecule has 1 atom stereocenters. The number of para-hydroxylation sites is 1. The lowest BCUT2D eigenvalue weighted by Crippen LogP contribution is -2.32. The first-order chi connectivity index (χ1) is 14.1. The van der Waals surface area contributed by atoms with E-state index in [1.807, 2.05) is 37.4 Å². The van der Waals surface area contributed by atoms with Crippen LogP contribution in [-0.2, 0) is 24.1 Å². The smallest absolute Gasteiger partial charge is 0.326 e. The number of anilines is 1. The Bertz CT molecular complexity index is 1230. The number of carbonyl (C=O) groups is 1. The first-order valence-corrected chi connectivity index (χ1v) is 10.7. The molecule has 6 nitrogen and oxygen atoms in total. The molecule has 1 aliphatic carbocycles. The van der Waals surface area contributed by atoms with E-state index in [1.165, 1.54) is 16.9 Å². The van der Waals surface area contributed by atoms with Gasteiger partial charge in [-0.1, -0.05) is 18.2 Å². The molecule has 0 spiro atoms. The number of fused-ring (bicyclic) bond motifs is 4. The van der Waals surface area contributed by atoms with Crippen molar-refractivity contribution in [3.63, 3.8) is 0 Å². The third-order valence-corrected chi connectivity index (χ3v) is 6.82. The lowest BCUT2D eigenvalue weighted by molar-refractivity contribution is -0.137. The van der Waals surface area contributed by atoms with E-state index in [2.05, 4.69) is 20.3 Å². The van der Waals surface area contributed by atoms with Gasteiger partial charge in [-0.2, -0.15) is 0 Å². The average Bonchev–Trinajstić information content (AvgIpc) is 3.28. The van der Waals surface area contributed by atoms with Crippen molar-refractivity contribution in [2.24, 2.45) is 0 Å². The van der Waals surface area contributed by atoms with Crippen LogP contribution in [-0.4, -0.2) is 32.1 Å². The highest BCUT2D eigenvalue weighted by molar-refractivity contribution is 7.19. The number of benzene rings is 1. The normalized spacial score (nSPS) is 14.8. The zero-order chi connectivity index (χ0) is 20.0. The molecule has 7 heteroatoms. The maximum absolute atomic E-state index is 12.1. The van der Waals surface area contributed by atoms with Gasteiger partial charge in [-0.15, -0.1) is 11.3 Å². The number of aryl methyl sites for hydroxylation is 3. The van der Waals surface area contributed by atoms with Gasteiger partial charge in [-0.3, -0.25) is 0 Å². The van der Waals surface area contributed by atoms with Crippen molar-refractivity contribution in [1.29, 1.82) is 0 Å². The van der Waals surface area contributed by atoms with Crippen LogP contribution in [0.4, 0.5) is 5.82 Å². The molecule has 3 aromatic heterocycles. The molecule has 29 heavy (non-hydrogen) atoms. The summed E-state index contributed by atoms with van der Waals surface area (Å²) in [6.45, 7) is 1.86. The standard InChI is InChI=1S/C22H22N4O2S/c1-12-24-20(19-15-7-3-5-9-18(15)29-21(19)25-12)26-17(22(27)28)10-13-11-23-16-8-4-2-6-14(13)16/h2,4,6,8,11,17,23H,3,5,7,9-10H2,1H3,(H,27,28)(H,24,25,26)/t17-/m0/s1. The molecule has 0 radical (unpaired) electrons. The Morgan fingerprint density at radius 1 is 1.28 bits per heavy atom. The van der Waals surface area contributed by atoms with Gasteiger partial charge < -0.3 is 15.4 Å². The van der Waals surface area contributed by atoms with Crippen LogP contribution in [0.15, 0.2) is 30.5 Å². The average molecular weight is 407 g/mol. The van der Waals surface area contributed by atoms with Crippen LogP contribution >= 0.6 is 11.3 Å². The van der Waals surface area contributed by atoms with Gasteiger partial charge in [-0.25, -0.2) is 14.8 Å². The molecule has 0 unspecified atom stereocenters. The Morgan fingerprint density at radius 2 is 2.10 bits per heavy atom. The zero-order valence-corrected chi connectivity index (χ0v) is 17.0. The molecule has 1 aliphatic rings. The van der Waals surface area contributed by atoms with E-state index in [-0.39, 0.29) is 0 Å². The molecule has 0 saturated heterocycles. The molecular formula is C22H22N4O2S. The van der Waals surface area contributed by atoms with Crippen LogP contribution in [0.25, 0.3) is 21.1 Å². The highest BCUT2D eigenvalue weighted by Crippen LogP contribution is 2.38. The summed E-state index contributed by atoms with van der Waals surface area (Å²) in [4.78, 5) is 26.9. The molecule has 3 N–H and O–H groups in total. The van der Waals surface area contributed by atoms with Crippen LogP contribution in [0, 0.1) is 6.92 Å². The van der Waals surface area contributed by atoms with Crippen LogP contribution in [0.5, 0.6) is 0 Å². The Balaban J connectivity index is 1.53. The van der Waals surface area contributed by atoms with Crippen molar-refractivity contribution in [1.82, 2.24) is 15.0 Å². The van der Waals surface area contributed by atoms with Gasteiger partial charge >= 0.3 is 5.97 Å². The fraction of sp³-hybridized carbons (Fsp3) is 0.318. The van der Waals surface area contributed by atoms with E-state index < -0.39 is 12.0 Å². The van der Waals surface area contributed by atoms with Crippen molar-refractivity contribution in [3.05, 3.63) is 52.3 Å². The second-order valence-electron chi connectivity index (χ2n) is 7.61. The summed E-state index contributed by atoms with van der Waals surface area (Å²) in [6.07, 6.45) is 6.71. The number of nitrogens with one attached hydrogen (secondary N) is 2. The largest absolute Gasteiger partial charge is 0.480 e. The molecule has 0 aliphatic heterocycles. The molecule has 0 fully saturated rings. The van der Waals surface area contributed by atoms with E-state index in [4.69, 9.17) is 0 Å². The van der Waals surface area contributed by atoms with Crippen LogP contribution in [0.3, 0.4) is 0 Å². The Labute approximate surface area is 172 Å². The highest BCUT2D eigenvalue weighted by Gasteiger charge is 2.25. The first-order valence-electron chi connectivity index (χ1n) is 9.93. The van der Waals surface area contributed by atoms with E-state index in [0.29, 0.717) is 18.1 Å². The lowest BCUT2D eigenvalue weighted by atomic mass is 9.97. The second-order valence-corrected chi connectivity index (χ2v) is 8.69.